The van der Waals surface area contributed by atoms with E-state index in [0.717, 1.165) is 40.5 Å². The Labute approximate surface area is 165 Å². The maximum absolute atomic E-state index is 10.5. The van der Waals surface area contributed by atoms with Gasteiger partial charge in [-0.1, -0.05) is 17.4 Å². The van der Waals surface area contributed by atoms with E-state index in [-0.39, 0.29) is 5.75 Å². The number of nitrogens with one attached hydrogen (secondary N) is 2. The Hall–Kier alpha value is -3.04. The monoisotopic (exact) mass is 393 g/mol. The molecule has 1 atom stereocenters. The molecule has 3 aromatic heterocycles. The number of rotatable bonds is 4. The van der Waals surface area contributed by atoms with Crippen molar-refractivity contribution in [3.8, 4) is 28.1 Å². The topological polar surface area (TPSA) is 103 Å². The van der Waals surface area contributed by atoms with Crippen molar-refractivity contribution < 1.29 is 5.11 Å². The zero-order valence-electron chi connectivity index (χ0n) is 15.3. The fourth-order valence-corrected chi connectivity index (χ4v) is 4.45. The lowest BCUT2D eigenvalue weighted by molar-refractivity contribution is 0.477. The van der Waals surface area contributed by atoms with Crippen LogP contribution in [0.3, 0.4) is 0 Å². The minimum atomic E-state index is 0.159. The number of fused-ring (bicyclic) bond motifs is 1. The lowest BCUT2D eigenvalue weighted by Gasteiger charge is -2.22. The van der Waals surface area contributed by atoms with Crippen LogP contribution in [0.1, 0.15) is 6.42 Å². The van der Waals surface area contributed by atoms with Crippen molar-refractivity contribution in [2.75, 3.05) is 25.0 Å². The van der Waals surface area contributed by atoms with E-state index in [1.165, 1.54) is 0 Å². The summed E-state index contributed by atoms with van der Waals surface area (Å²) < 4.78 is 0.955. The number of H-pyrrole nitrogens is 1. The summed E-state index contributed by atoms with van der Waals surface area (Å²) in [7, 11) is 2.07. The number of phenols is 1. The Morgan fingerprint density at radius 3 is 2.89 bits per heavy atom. The first kappa shape index (κ1) is 17.1. The number of thiazole rings is 1. The predicted octanol–water partition coefficient (Wildman–Crippen LogP) is 2.65. The smallest absolute Gasteiger partial charge is 0.194 e. The lowest BCUT2D eigenvalue weighted by Crippen LogP contribution is -2.33. The summed E-state index contributed by atoms with van der Waals surface area (Å²) in [5, 5.41) is 30.1. The number of nitrogens with zero attached hydrogens (tertiary/aromatic N) is 5. The van der Waals surface area contributed by atoms with Crippen LogP contribution in [0.5, 0.6) is 5.75 Å². The zero-order chi connectivity index (χ0) is 19.1. The molecule has 1 fully saturated rings. The van der Waals surface area contributed by atoms with Gasteiger partial charge in [-0.3, -0.25) is 5.10 Å². The third-order valence-corrected chi connectivity index (χ3v) is 6.21. The fourth-order valence-electron chi connectivity index (χ4n) is 3.48. The zero-order valence-corrected chi connectivity index (χ0v) is 16.1. The van der Waals surface area contributed by atoms with E-state index in [1.54, 1.807) is 29.8 Å². The van der Waals surface area contributed by atoms with Gasteiger partial charge < -0.3 is 15.3 Å². The van der Waals surface area contributed by atoms with E-state index >= 15 is 0 Å². The molecule has 1 unspecified atom stereocenters. The minimum Gasteiger partial charge on any atom is -0.507 e. The highest BCUT2D eigenvalue weighted by Gasteiger charge is 2.22. The van der Waals surface area contributed by atoms with Gasteiger partial charge in [0.1, 0.15) is 5.75 Å². The molecule has 9 heteroatoms. The quantitative estimate of drug-likeness (QED) is 0.490. The fraction of sp³-hybridized carbons (Fsp3) is 0.263. The highest BCUT2D eigenvalue weighted by Crippen LogP contribution is 2.35. The molecule has 0 amide bonds. The van der Waals surface area contributed by atoms with Gasteiger partial charge in [-0.2, -0.15) is 10.1 Å². The number of aromatic amines is 1. The highest BCUT2D eigenvalue weighted by molar-refractivity contribution is 7.22. The second kappa shape index (κ2) is 6.84. The number of aromatic hydroxyl groups is 1. The molecule has 4 aromatic rings. The van der Waals surface area contributed by atoms with Crippen LogP contribution in [0.2, 0.25) is 0 Å². The first-order valence-electron chi connectivity index (χ1n) is 9.09. The molecule has 28 heavy (non-hydrogen) atoms. The van der Waals surface area contributed by atoms with Crippen LogP contribution in [0.15, 0.2) is 36.7 Å². The Bertz CT molecular complexity index is 1120. The standard InChI is InChI=1S/C19H19N7OS/c1-26(13-4-5-20-10-13)19-23-18-17(28-19)7-15(24-25-18)14-3-2-11(6-16(14)27)12-8-21-22-9-12/h2-3,6-9,13,20,27H,4-5,10H2,1H3,(H,21,22). The van der Waals surface area contributed by atoms with Crippen molar-refractivity contribution in [3.05, 3.63) is 36.7 Å². The van der Waals surface area contributed by atoms with Gasteiger partial charge in [0.05, 0.1) is 16.6 Å². The Balaban J connectivity index is 1.48. The summed E-state index contributed by atoms with van der Waals surface area (Å²) in [6, 6.07) is 7.89. The van der Waals surface area contributed by atoms with Crippen molar-refractivity contribution in [2.24, 2.45) is 0 Å². The first-order valence-corrected chi connectivity index (χ1v) is 9.91. The summed E-state index contributed by atoms with van der Waals surface area (Å²) in [5.74, 6) is 0.159. The van der Waals surface area contributed by atoms with E-state index in [1.807, 2.05) is 18.2 Å². The van der Waals surface area contributed by atoms with Gasteiger partial charge in [0.2, 0.25) is 0 Å². The molecule has 8 nitrogen and oxygen atoms in total. The lowest BCUT2D eigenvalue weighted by atomic mass is 10.0. The van der Waals surface area contributed by atoms with E-state index in [2.05, 4.69) is 42.6 Å². The molecule has 0 saturated carbocycles. The molecule has 142 valence electrons. The number of aromatic nitrogens is 5. The second-order valence-corrected chi connectivity index (χ2v) is 7.90. The highest BCUT2D eigenvalue weighted by atomic mass is 32.1. The van der Waals surface area contributed by atoms with Gasteiger partial charge in [-0.05, 0) is 36.7 Å². The molecule has 1 saturated heterocycles. The normalized spacial score (nSPS) is 16.7. The molecular formula is C19H19N7OS. The summed E-state index contributed by atoms with van der Waals surface area (Å²) in [6.45, 7) is 2.01. The molecule has 4 heterocycles. The number of hydrogen-bond acceptors (Lipinski definition) is 8. The van der Waals surface area contributed by atoms with Gasteiger partial charge in [0.15, 0.2) is 10.8 Å². The number of phenolic OH excluding ortho intramolecular Hbond substituents is 1. The van der Waals surface area contributed by atoms with Crippen LogP contribution < -0.4 is 10.2 Å². The van der Waals surface area contributed by atoms with Gasteiger partial charge in [0, 0.05) is 37.0 Å². The largest absolute Gasteiger partial charge is 0.507 e. The average molecular weight is 393 g/mol. The van der Waals surface area contributed by atoms with Gasteiger partial charge in [-0.25, -0.2) is 0 Å². The van der Waals surface area contributed by atoms with E-state index in [9.17, 15) is 5.11 Å². The number of benzene rings is 1. The van der Waals surface area contributed by atoms with Gasteiger partial charge >= 0.3 is 0 Å². The summed E-state index contributed by atoms with van der Waals surface area (Å²) in [6.07, 6.45) is 4.62. The Morgan fingerprint density at radius 1 is 1.21 bits per heavy atom. The van der Waals surface area contributed by atoms with Crippen molar-refractivity contribution in [3.63, 3.8) is 0 Å². The van der Waals surface area contributed by atoms with E-state index in [4.69, 9.17) is 0 Å². The van der Waals surface area contributed by atoms with E-state index in [0.29, 0.717) is 22.9 Å². The molecule has 0 aliphatic carbocycles. The predicted molar refractivity (Wildman–Crippen MR) is 110 cm³/mol. The first-order chi connectivity index (χ1) is 13.7. The molecule has 1 aromatic carbocycles. The molecule has 5 rings (SSSR count). The molecular weight excluding hydrogens is 374 g/mol. The second-order valence-electron chi connectivity index (χ2n) is 6.89. The maximum atomic E-state index is 10.5. The molecule has 0 spiro atoms. The summed E-state index contributed by atoms with van der Waals surface area (Å²) in [4.78, 5) is 6.84. The molecule has 1 aliphatic heterocycles. The summed E-state index contributed by atoms with van der Waals surface area (Å²) >= 11 is 1.60. The van der Waals surface area contributed by atoms with Crippen LogP contribution in [-0.4, -0.2) is 56.7 Å². The van der Waals surface area contributed by atoms with Crippen LogP contribution in [-0.2, 0) is 0 Å². The summed E-state index contributed by atoms with van der Waals surface area (Å²) in [5.41, 5.74) is 3.71. The van der Waals surface area contributed by atoms with Crippen LogP contribution >= 0.6 is 11.3 Å². The number of hydrogen-bond donors (Lipinski definition) is 3. The van der Waals surface area contributed by atoms with Gasteiger partial charge in [0.25, 0.3) is 0 Å². The van der Waals surface area contributed by atoms with Crippen molar-refractivity contribution in [2.45, 2.75) is 12.5 Å². The average Bonchev–Trinajstić information content (AvgIpc) is 3.48. The molecule has 3 N–H and O–H groups in total. The molecule has 0 radical (unpaired) electrons. The van der Waals surface area contributed by atoms with E-state index < -0.39 is 0 Å². The minimum absolute atomic E-state index is 0.159. The van der Waals surface area contributed by atoms with Crippen LogP contribution in [0, 0.1) is 0 Å². The van der Waals surface area contributed by atoms with Crippen molar-refractivity contribution in [1.29, 1.82) is 0 Å². The van der Waals surface area contributed by atoms with Gasteiger partial charge in [-0.15, -0.1) is 10.2 Å². The van der Waals surface area contributed by atoms with Crippen LogP contribution in [0.25, 0.3) is 32.7 Å². The third-order valence-electron chi connectivity index (χ3n) is 5.13. The Kier molecular flexibility index (Phi) is 4.18. The third kappa shape index (κ3) is 2.98. The molecule has 0 bridgehead atoms. The number of likely N-dealkylation sites (N-methyl/N-ethyl adjacent to an activating group) is 1. The van der Waals surface area contributed by atoms with Crippen LogP contribution in [0.4, 0.5) is 5.13 Å². The van der Waals surface area contributed by atoms with Crippen molar-refractivity contribution in [1.82, 2.24) is 30.7 Å². The molecule has 1 aliphatic rings. The maximum Gasteiger partial charge on any atom is 0.194 e. The number of anilines is 1. The SMILES string of the molecule is CN(c1nc2nnc(-c3ccc(-c4cn[nH]c4)cc3O)cc2s1)C1CCNC1. The van der Waals surface area contributed by atoms with Crippen molar-refractivity contribution >= 4 is 26.8 Å². The Morgan fingerprint density at radius 2 is 2.14 bits per heavy atom.